The predicted molar refractivity (Wildman–Crippen MR) is 85.2 cm³/mol. The van der Waals surface area contributed by atoms with Gasteiger partial charge in [0.2, 0.25) is 0 Å². The molecule has 0 unspecified atom stereocenters. The lowest BCUT2D eigenvalue weighted by molar-refractivity contribution is 0.0930. The molecule has 0 heterocycles. The van der Waals surface area contributed by atoms with Gasteiger partial charge >= 0.3 is 0 Å². The van der Waals surface area contributed by atoms with Crippen LogP contribution in [-0.2, 0) is 0 Å². The van der Waals surface area contributed by atoms with Gasteiger partial charge in [0, 0.05) is 5.56 Å². The van der Waals surface area contributed by atoms with Gasteiger partial charge in [-0.05, 0) is 63.4 Å². The molecule has 0 aromatic heterocycles. The van der Waals surface area contributed by atoms with E-state index in [1.54, 1.807) is 12.1 Å². The Morgan fingerprint density at radius 3 is 2.00 bits per heavy atom. The zero-order valence-electron chi connectivity index (χ0n) is 13.4. The van der Waals surface area contributed by atoms with E-state index in [9.17, 15) is 9.18 Å². The predicted octanol–water partition coefficient (Wildman–Crippen LogP) is 3.06. The van der Waals surface area contributed by atoms with Gasteiger partial charge in [-0.3, -0.25) is 9.69 Å². The maximum atomic E-state index is 12.9. The zero-order valence-corrected chi connectivity index (χ0v) is 13.4. The molecule has 0 aliphatic carbocycles. The van der Waals surface area contributed by atoms with Crippen molar-refractivity contribution in [1.29, 1.82) is 0 Å². The van der Waals surface area contributed by atoms with E-state index in [-0.39, 0.29) is 11.6 Å². The fraction of sp³-hybridized carbons (Fsp3) is 0.588. The molecular formula is C17H27FN2O. The summed E-state index contributed by atoms with van der Waals surface area (Å²) in [7, 11) is 0. The van der Waals surface area contributed by atoms with Gasteiger partial charge in [0.1, 0.15) is 5.82 Å². The Labute approximate surface area is 127 Å². The molecule has 21 heavy (non-hydrogen) atoms. The second-order valence-corrected chi connectivity index (χ2v) is 5.18. The Morgan fingerprint density at radius 2 is 1.48 bits per heavy atom. The summed E-state index contributed by atoms with van der Waals surface area (Å²) in [6.07, 6.45) is 1.06. The van der Waals surface area contributed by atoms with Crippen LogP contribution < -0.4 is 0 Å². The number of Topliss-reactive ketones (excluding diaryl/α,β-unsaturated/α-hetero) is 1. The molecule has 0 aliphatic heterocycles. The monoisotopic (exact) mass is 294 g/mol. The minimum Gasteiger partial charge on any atom is -0.304 e. The molecule has 0 radical (unpaired) electrons. The smallest absolute Gasteiger partial charge is 0.176 e. The molecule has 3 nitrogen and oxygen atoms in total. The topological polar surface area (TPSA) is 23.6 Å². The lowest BCUT2D eigenvalue weighted by Crippen LogP contribution is -2.33. The number of hydrogen-bond donors (Lipinski definition) is 0. The van der Waals surface area contributed by atoms with Gasteiger partial charge in [0.15, 0.2) is 5.78 Å². The van der Waals surface area contributed by atoms with E-state index in [0.29, 0.717) is 12.1 Å². The van der Waals surface area contributed by atoms with Gasteiger partial charge < -0.3 is 4.90 Å². The highest BCUT2D eigenvalue weighted by atomic mass is 19.1. The number of benzene rings is 1. The SMILES string of the molecule is CCN(CC)CCCN(CC)CC(=O)c1ccc(F)cc1. The number of carbonyl (C=O) groups excluding carboxylic acids is 1. The highest BCUT2D eigenvalue weighted by molar-refractivity contribution is 5.97. The van der Waals surface area contributed by atoms with Crippen LogP contribution in [-0.4, -0.2) is 54.9 Å². The lowest BCUT2D eigenvalue weighted by Gasteiger charge is -2.22. The summed E-state index contributed by atoms with van der Waals surface area (Å²) in [5.41, 5.74) is 0.582. The van der Waals surface area contributed by atoms with Crippen LogP contribution in [0.3, 0.4) is 0 Å². The van der Waals surface area contributed by atoms with Gasteiger partial charge in [0.05, 0.1) is 6.54 Å². The Kier molecular flexibility index (Phi) is 8.16. The van der Waals surface area contributed by atoms with Crippen LogP contribution in [0, 0.1) is 5.82 Å². The van der Waals surface area contributed by atoms with Crippen molar-refractivity contribution >= 4 is 5.78 Å². The Bertz CT molecular complexity index is 415. The normalized spacial score (nSPS) is 11.3. The first kappa shape index (κ1) is 17.8. The minimum atomic E-state index is -0.307. The average molecular weight is 294 g/mol. The molecule has 0 fully saturated rings. The highest BCUT2D eigenvalue weighted by Crippen LogP contribution is 2.05. The van der Waals surface area contributed by atoms with Crippen LogP contribution in [0.25, 0.3) is 0 Å². The van der Waals surface area contributed by atoms with Crippen LogP contribution in [0.5, 0.6) is 0 Å². The van der Waals surface area contributed by atoms with Crippen LogP contribution in [0.2, 0.25) is 0 Å². The first-order valence-corrected chi connectivity index (χ1v) is 7.84. The zero-order chi connectivity index (χ0) is 15.7. The molecule has 0 saturated carbocycles. The number of carbonyl (C=O) groups is 1. The van der Waals surface area contributed by atoms with E-state index in [2.05, 4.69) is 30.6 Å². The summed E-state index contributed by atoms with van der Waals surface area (Å²) in [4.78, 5) is 16.7. The standard InChI is InChI=1S/C17H27FN2O/c1-4-19(5-2)12-7-13-20(6-3)14-17(21)15-8-10-16(18)11-9-15/h8-11H,4-7,12-14H2,1-3H3. The van der Waals surface area contributed by atoms with E-state index >= 15 is 0 Å². The maximum absolute atomic E-state index is 12.9. The van der Waals surface area contributed by atoms with Crippen LogP contribution >= 0.6 is 0 Å². The van der Waals surface area contributed by atoms with Crippen molar-refractivity contribution in [2.24, 2.45) is 0 Å². The molecule has 0 bridgehead atoms. The second kappa shape index (κ2) is 9.64. The van der Waals surface area contributed by atoms with Gasteiger partial charge in [-0.25, -0.2) is 4.39 Å². The number of rotatable bonds is 10. The molecule has 0 atom stereocenters. The molecule has 1 rings (SSSR count). The summed E-state index contributed by atoms with van der Waals surface area (Å²) in [5.74, 6) is -0.252. The largest absolute Gasteiger partial charge is 0.304 e. The Balaban J connectivity index is 2.42. The number of likely N-dealkylation sites (N-methyl/N-ethyl adjacent to an activating group) is 1. The third kappa shape index (κ3) is 6.36. The first-order chi connectivity index (χ1) is 10.1. The van der Waals surface area contributed by atoms with Crippen molar-refractivity contribution in [1.82, 2.24) is 9.80 Å². The summed E-state index contributed by atoms with van der Waals surface area (Å²) in [6.45, 7) is 11.8. The molecule has 0 saturated heterocycles. The van der Waals surface area contributed by atoms with E-state index < -0.39 is 0 Å². The maximum Gasteiger partial charge on any atom is 0.176 e. The molecule has 1 aromatic rings. The van der Waals surface area contributed by atoms with Gasteiger partial charge in [-0.15, -0.1) is 0 Å². The third-order valence-electron chi connectivity index (χ3n) is 3.82. The third-order valence-corrected chi connectivity index (χ3v) is 3.82. The van der Waals surface area contributed by atoms with Crippen LogP contribution in [0.4, 0.5) is 4.39 Å². The number of ketones is 1. The van der Waals surface area contributed by atoms with Crippen molar-refractivity contribution in [3.05, 3.63) is 35.6 Å². The van der Waals surface area contributed by atoms with Gasteiger partial charge in [-0.1, -0.05) is 20.8 Å². The van der Waals surface area contributed by atoms with Crippen molar-refractivity contribution < 1.29 is 9.18 Å². The lowest BCUT2D eigenvalue weighted by atomic mass is 10.1. The summed E-state index contributed by atoms with van der Waals surface area (Å²) in [5, 5.41) is 0. The fourth-order valence-corrected chi connectivity index (χ4v) is 2.34. The summed E-state index contributed by atoms with van der Waals surface area (Å²) in [6, 6.07) is 5.79. The van der Waals surface area contributed by atoms with E-state index in [0.717, 1.165) is 39.1 Å². The molecule has 0 N–H and O–H groups in total. The highest BCUT2D eigenvalue weighted by Gasteiger charge is 2.11. The van der Waals surface area contributed by atoms with Crippen molar-refractivity contribution in [2.45, 2.75) is 27.2 Å². The Morgan fingerprint density at radius 1 is 0.952 bits per heavy atom. The van der Waals surface area contributed by atoms with E-state index in [4.69, 9.17) is 0 Å². The van der Waals surface area contributed by atoms with E-state index in [1.807, 2.05) is 0 Å². The molecule has 118 valence electrons. The molecule has 4 heteroatoms. The average Bonchev–Trinajstić information content (AvgIpc) is 2.50. The summed E-state index contributed by atoms with van der Waals surface area (Å²) >= 11 is 0. The molecule has 0 spiro atoms. The van der Waals surface area contributed by atoms with Crippen molar-refractivity contribution in [2.75, 3.05) is 39.3 Å². The molecular weight excluding hydrogens is 267 g/mol. The minimum absolute atomic E-state index is 0.0553. The second-order valence-electron chi connectivity index (χ2n) is 5.18. The molecule has 0 amide bonds. The quantitative estimate of drug-likeness (QED) is 0.620. The van der Waals surface area contributed by atoms with Gasteiger partial charge in [0.25, 0.3) is 0 Å². The van der Waals surface area contributed by atoms with Crippen molar-refractivity contribution in [3.8, 4) is 0 Å². The number of hydrogen-bond acceptors (Lipinski definition) is 3. The Hall–Kier alpha value is -1.26. The summed E-state index contributed by atoms with van der Waals surface area (Å²) < 4.78 is 12.9. The number of halogens is 1. The molecule has 1 aromatic carbocycles. The number of nitrogens with zero attached hydrogens (tertiary/aromatic N) is 2. The van der Waals surface area contributed by atoms with Crippen LogP contribution in [0.15, 0.2) is 24.3 Å². The fourth-order valence-electron chi connectivity index (χ4n) is 2.34. The van der Waals surface area contributed by atoms with Crippen LogP contribution in [0.1, 0.15) is 37.6 Å². The first-order valence-electron chi connectivity index (χ1n) is 7.84. The van der Waals surface area contributed by atoms with Gasteiger partial charge in [-0.2, -0.15) is 0 Å². The van der Waals surface area contributed by atoms with E-state index in [1.165, 1.54) is 12.1 Å². The van der Waals surface area contributed by atoms with Crippen molar-refractivity contribution in [3.63, 3.8) is 0 Å². The molecule has 0 aliphatic rings.